The van der Waals surface area contributed by atoms with Crippen LogP contribution in [0.2, 0.25) is 0 Å². The fourth-order valence-electron chi connectivity index (χ4n) is 1.84. The Morgan fingerprint density at radius 2 is 1.81 bits per heavy atom. The van der Waals surface area contributed by atoms with Crippen LogP contribution in [-0.4, -0.2) is 37.5 Å². The molecule has 1 rings (SSSR count). The molecule has 0 aliphatic rings. The summed E-state index contributed by atoms with van der Waals surface area (Å²) < 4.78 is 24.8. The van der Waals surface area contributed by atoms with E-state index in [1.165, 1.54) is 7.05 Å². The largest absolute Gasteiger partial charge is 0.350 e. The first-order chi connectivity index (χ1) is 9.58. The second-order valence-corrected chi connectivity index (χ2v) is 7.86. The van der Waals surface area contributed by atoms with Gasteiger partial charge in [0, 0.05) is 12.6 Å². The van der Waals surface area contributed by atoms with E-state index < -0.39 is 16.1 Å². The predicted molar refractivity (Wildman–Crippen MR) is 84.3 cm³/mol. The zero-order valence-corrected chi connectivity index (χ0v) is 14.1. The summed E-state index contributed by atoms with van der Waals surface area (Å²) in [5, 5.41) is 2.91. The summed E-state index contributed by atoms with van der Waals surface area (Å²) in [6.45, 7) is 5.79. The fraction of sp³-hybridized carbons (Fsp3) is 0.533. The van der Waals surface area contributed by atoms with Crippen LogP contribution in [0.4, 0.5) is 0 Å². The highest BCUT2D eigenvalue weighted by atomic mass is 32.2. The van der Waals surface area contributed by atoms with Crippen molar-refractivity contribution in [1.82, 2.24) is 9.62 Å². The van der Waals surface area contributed by atoms with Crippen molar-refractivity contribution in [3.8, 4) is 0 Å². The van der Waals surface area contributed by atoms with E-state index in [9.17, 15) is 13.2 Å². The van der Waals surface area contributed by atoms with Crippen LogP contribution in [0.5, 0.6) is 0 Å². The molecule has 1 aromatic carbocycles. The van der Waals surface area contributed by atoms with E-state index in [4.69, 9.17) is 0 Å². The fourth-order valence-corrected chi connectivity index (χ4v) is 2.44. The molecule has 0 aliphatic carbocycles. The van der Waals surface area contributed by atoms with Gasteiger partial charge in [-0.15, -0.1) is 0 Å². The van der Waals surface area contributed by atoms with Gasteiger partial charge in [0.05, 0.1) is 6.26 Å². The third-order valence-electron chi connectivity index (χ3n) is 3.60. The minimum Gasteiger partial charge on any atom is -0.350 e. The molecule has 1 atom stereocenters. The van der Waals surface area contributed by atoms with E-state index in [1.807, 2.05) is 26.8 Å². The molecule has 0 unspecified atom stereocenters. The van der Waals surface area contributed by atoms with Gasteiger partial charge in [0.15, 0.2) is 0 Å². The molecule has 0 saturated heterocycles. The topological polar surface area (TPSA) is 66.5 Å². The molecule has 0 heterocycles. The molecule has 1 N–H and O–H groups in total. The monoisotopic (exact) mass is 312 g/mol. The van der Waals surface area contributed by atoms with Crippen molar-refractivity contribution in [2.24, 2.45) is 0 Å². The van der Waals surface area contributed by atoms with Gasteiger partial charge in [0.1, 0.15) is 6.04 Å². The number of hydrogen-bond donors (Lipinski definition) is 1. The Kier molecular flexibility index (Phi) is 5.53. The molecule has 118 valence electrons. The first-order valence-corrected chi connectivity index (χ1v) is 8.73. The molecular weight excluding hydrogens is 288 g/mol. The average Bonchev–Trinajstić information content (AvgIpc) is 2.38. The lowest BCUT2D eigenvalue weighted by Gasteiger charge is -2.31. The molecule has 1 aromatic rings. The van der Waals surface area contributed by atoms with Crippen LogP contribution in [0.25, 0.3) is 0 Å². The highest BCUT2D eigenvalue weighted by Gasteiger charge is 2.33. The summed E-state index contributed by atoms with van der Waals surface area (Å²) in [6, 6.07) is 8.05. The van der Waals surface area contributed by atoms with Crippen LogP contribution in [0, 0.1) is 0 Å². The van der Waals surface area contributed by atoms with E-state index in [2.05, 4.69) is 5.32 Å². The van der Waals surface area contributed by atoms with Crippen LogP contribution >= 0.6 is 0 Å². The third-order valence-corrected chi connectivity index (χ3v) is 4.85. The summed E-state index contributed by atoms with van der Waals surface area (Å²) >= 11 is 0. The highest BCUT2D eigenvalue weighted by Crippen LogP contribution is 2.23. The molecule has 0 bridgehead atoms. The molecule has 0 fully saturated rings. The Morgan fingerprint density at radius 1 is 1.29 bits per heavy atom. The van der Waals surface area contributed by atoms with Crippen molar-refractivity contribution < 1.29 is 13.2 Å². The molecule has 0 saturated carbocycles. The summed E-state index contributed by atoms with van der Waals surface area (Å²) in [4.78, 5) is 12.6. The quantitative estimate of drug-likeness (QED) is 0.873. The number of carbonyl (C=O) groups excluding carboxylic acids is 1. The normalized spacial score (nSPS) is 14.0. The van der Waals surface area contributed by atoms with Crippen molar-refractivity contribution in [1.29, 1.82) is 0 Å². The van der Waals surface area contributed by atoms with Gasteiger partial charge in [-0.1, -0.05) is 37.3 Å². The van der Waals surface area contributed by atoms with Gasteiger partial charge in [-0.2, -0.15) is 4.31 Å². The molecule has 1 amide bonds. The first-order valence-electron chi connectivity index (χ1n) is 6.88. The van der Waals surface area contributed by atoms with Crippen molar-refractivity contribution in [2.45, 2.75) is 38.8 Å². The number of nitrogens with one attached hydrogen (secondary N) is 1. The molecule has 0 radical (unpaired) electrons. The Balaban J connectivity index is 3.18. The average molecular weight is 312 g/mol. The van der Waals surface area contributed by atoms with Gasteiger partial charge < -0.3 is 5.32 Å². The van der Waals surface area contributed by atoms with Crippen molar-refractivity contribution >= 4 is 15.9 Å². The van der Waals surface area contributed by atoms with E-state index >= 15 is 0 Å². The number of nitrogens with zero attached hydrogens (tertiary/aromatic N) is 1. The lowest BCUT2D eigenvalue weighted by molar-refractivity contribution is -0.126. The molecule has 0 aromatic heterocycles. The standard InChI is InChI=1S/C15H24N2O3S/c1-6-15(2,3)16-14(18)13(17(4)21(5,19)20)12-10-8-7-9-11-12/h7-11,13H,6H2,1-5H3,(H,16,18)/t13-/m1/s1. The number of carbonyl (C=O) groups is 1. The van der Waals surface area contributed by atoms with Gasteiger partial charge >= 0.3 is 0 Å². The lowest BCUT2D eigenvalue weighted by Crippen LogP contribution is -2.49. The number of sulfonamides is 1. The summed E-state index contributed by atoms with van der Waals surface area (Å²) in [5.74, 6) is -0.319. The summed E-state index contributed by atoms with van der Waals surface area (Å²) in [7, 11) is -2.06. The highest BCUT2D eigenvalue weighted by molar-refractivity contribution is 7.88. The maximum atomic E-state index is 12.6. The Bertz CT molecular complexity index is 582. The van der Waals surface area contributed by atoms with Gasteiger partial charge in [0.25, 0.3) is 0 Å². The number of likely N-dealkylation sites (N-methyl/N-ethyl adjacent to an activating group) is 1. The van der Waals surface area contributed by atoms with E-state index in [1.54, 1.807) is 24.3 Å². The number of hydrogen-bond acceptors (Lipinski definition) is 3. The molecule has 0 aliphatic heterocycles. The van der Waals surface area contributed by atoms with Crippen molar-refractivity contribution in [3.05, 3.63) is 35.9 Å². The number of rotatable bonds is 6. The molecular formula is C15H24N2O3S. The smallest absolute Gasteiger partial charge is 0.243 e. The minimum atomic E-state index is -3.49. The number of benzene rings is 1. The van der Waals surface area contributed by atoms with Crippen molar-refractivity contribution in [2.75, 3.05) is 13.3 Å². The summed E-state index contributed by atoms with van der Waals surface area (Å²) in [5.41, 5.74) is 0.262. The van der Waals surface area contributed by atoms with Crippen LogP contribution < -0.4 is 5.32 Å². The summed E-state index contributed by atoms with van der Waals surface area (Å²) in [6.07, 6.45) is 1.85. The van der Waals surface area contributed by atoms with Gasteiger partial charge in [-0.05, 0) is 25.8 Å². The van der Waals surface area contributed by atoms with E-state index in [-0.39, 0.29) is 11.4 Å². The zero-order valence-electron chi connectivity index (χ0n) is 13.3. The van der Waals surface area contributed by atoms with Crippen LogP contribution in [-0.2, 0) is 14.8 Å². The second-order valence-electron chi connectivity index (χ2n) is 5.82. The van der Waals surface area contributed by atoms with Crippen LogP contribution in [0.15, 0.2) is 30.3 Å². The molecule has 21 heavy (non-hydrogen) atoms. The van der Waals surface area contributed by atoms with E-state index in [0.717, 1.165) is 17.0 Å². The van der Waals surface area contributed by atoms with Crippen LogP contribution in [0.3, 0.4) is 0 Å². The zero-order chi connectivity index (χ0) is 16.3. The Labute approximate surface area is 127 Å². The lowest BCUT2D eigenvalue weighted by atomic mass is 9.99. The van der Waals surface area contributed by atoms with Crippen LogP contribution in [0.1, 0.15) is 38.8 Å². The predicted octanol–water partition coefficient (Wildman–Crippen LogP) is 1.92. The first kappa shape index (κ1) is 17.7. The van der Waals surface area contributed by atoms with Gasteiger partial charge in [-0.25, -0.2) is 8.42 Å². The second kappa shape index (κ2) is 6.58. The molecule has 5 nitrogen and oxygen atoms in total. The van der Waals surface area contributed by atoms with Gasteiger partial charge in [0.2, 0.25) is 15.9 Å². The van der Waals surface area contributed by atoms with E-state index in [0.29, 0.717) is 5.56 Å². The maximum Gasteiger partial charge on any atom is 0.243 e. The molecule has 6 heteroatoms. The Morgan fingerprint density at radius 3 is 2.24 bits per heavy atom. The minimum absolute atomic E-state index is 0.319. The third kappa shape index (κ3) is 4.82. The number of amides is 1. The van der Waals surface area contributed by atoms with Crippen molar-refractivity contribution in [3.63, 3.8) is 0 Å². The van der Waals surface area contributed by atoms with Gasteiger partial charge in [-0.3, -0.25) is 4.79 Å². The SMILES string of the molecule is CCC(C)(C)NC(=O)[C@@H](c1ccccc1)N(C)S(C)(=O)=O. The maximum absolute atomic E-state index is 12.6. The Hall–Kier alpha value is -1.40. The molecule has 0 spiro atoms.